The van der Waals surface area contributed by atoms with Crippen molar-refractivity contribution in [3.63, 3.8) is 0 Å². The molecule has 130 valence electrons. The molecule has 0 aliphatic carbocycles. The number of rotatable bonds is 6. The number of nitrogens with zero attached hydrogens (tertiary/aromatic N) is 2. The van der Waals surface area contributed by atoms with Crippen molar-refractivity contribution in [1.29, 1.82) is 0 Å². The Morgan fingerprint density at radius 2 is 2.20 bits per heavy atom. The van der Waals surface area contributed by atoms with E-state index in [1.165, 1.54) is 11.3 Å². The normalized spacial score (nSPS) is 13.8. The molecule has 1 atom stereocenters. The van der Waals surface area contributed by atoms with Gasteiger partial charge >= 0.3 is 5.76 Å². The first kappa shape index (κ1) is 15.7. The molecular weight excluding hydrogens is 348 g/mol. The second-order valence-electron chi connectivity index (χ2n) is 5.31. The monoisotopic (exact) mass is 362 g/mol. The summed E-state index contributed by atoms with van der Waals surface area (Å²) in [5.74, 6) is 1.41. The largest absolute Gasteiger partial charge is 0.491 e. The van der Waals surface area contributed by atoms with Gasteiger partial charge in [-0.05, 0) is 23.6 Å². The third-order valence-corrected chi connectivity index (χ3v) is 4.37. The van der Waals surface area contributed by atoms with Crippen molar-refractivity contribution in [2.24, 2.45) is 0 Å². The molecule has 0 bridgehead atoms. The van der Waals surface area contributed by atoms with Crippen LogP contribution in [0.25, 0.3) is 10.8 Å². The van der Waals surface area contributed by atoms with Gasteiger partial charge in [-0.1, -0.05) is 6.07 Å². The van der Waals surface area contributed by atoms with E-state index in [-0.39, 0.29) is 25.8 Å². The highest BCUT2D eigenvalue weighted by molar-refractivity contribution is 7.13. The summed E-state index contributed by atoms with van der Waals surface area (Å²) in [7, 11) is 0. The Kier molecular flexibility index (Phi) is 4.16. The SMILES string of the molecule is O=c1oc(-c2cccs2)nn1C[C@H](O)COc1ccc2c(c1)OCO2. The fourth-order valence-electron chi connectivity index (χ4n) is 2.33. The summed E-state index contributed by atoms with van der Waals surface area (Å²) in [6.45, 7) is 0.147. The van der Waals surface area contributed by atoms with E-state index in [1.54, 1.807) is 24.3 Å². The maximum Gasteiger partial charge on any atom is 0.437 e. The summed E-state index contributed by atoms with van der Waals surface area (Å²) in [5.41, 5.74) is 0. The highest BCUT2D eigenvalue weighted by Crippen LogP contribution is 2.35. The molecule has 25 heavy (non-hydrogen) atoms. The minimum atomic E-state index is -0.926. The number of hydrogen-bond acceptors (Lipinski definition) is 8. The first-order valence-corrected chi connectivity index (χ1v) is 8.39. The minimum Gasteiger partial charge on any atom is -0.491 e. The molecule has 9 heteroatoms. The fraction of sp³-hybridized carbons (Fsp3) is 0.250. The first-order valence-electron chi connectivity index (χ1n) is 7.51. The van der Waals surface area contributed by atoms with Crippen molar-refractivity contribution < 1.29 is 23.7 Å². The average Bonchev–Trinajstić information content (AvgIpc) is 3.34. The van der Waals surface area contributed by atoms with Crippen LogP contribution in [-0.4, -0.2) is 34.4 Å². The highest BCUT2D eigenvalue weighted by atomic mass is 32.1. The van der Waals surface area contributed by atoms with Gasteiger partial charge in [0.2, 0.25) is 6.79 Å². The summed E-state index contributed by atoms with van der Waals surface area (Å²) in [5, 5.41) is 16.1. The Labute approximate surface area is 145 Å². The maximum atomic E-state index is 11.8. The van der Waals surface area contributed by atoms with Gasteiger partial charge in [-0.25, -0.2) is 4.79 Å². The van der Waals surface area contributed by atoms with Gasteiger partial charge in [0.15, 0.2) is 11.5 Å². The first-order chi connectivity index (χ1) is 12.2. The van der Waals surface area contributed by atoms with E-state index in [4.69, 9.17) is 18.6 Å². The lowest BCUT2D eigenvalue weighted by molar-refractivity contribution is 0.0874. The van der Waals surface area contributed by atoms with Gasteiger partial charge in [0.05, 0.1) is 11.4 Å². The standard InChI is InChI=1S/C16H14N2O6S/c19-10(8-21-11-3-4-12-13(6-11)23-9-22-12)7-18-16(20)24-15(17-18)14-2-1-5-25-14/h1-6,10,19H,7-9H2/t10-/m0/s1. The molecule has 0 fully saturated rings. The molecule has 1 aliphatic rings. The van der Waals surface area contributed by atoms with Crippen LogP contribution in [0.4, 0.5) is 0 Å². The predicted octanol–water partition coefficient (Wildman–Crippen LogP) is 1.73. The summed E-state index contributed by atoms with van der Waals surface area (Å²) >= 11 is 1.42. The van der Waals surface area contributed by atoms with Crippen LogP contribution in [0.1, 0.15) is 0 Å². The molecule has 2 aromatic heterocycles. The highest BCUT2D eigenvalue weighted by Gasteiger charge is 2.17. The van der Waals surface area contributed by atoms with Crippen molar-refractivity contribution >= 4 is 11.3 Å². The van der Waals surface area contributed by atoms with Gasteiger partial charge in [-0.2, -0.15) is 4.68 Å². The molecule has 1 N–H and O–H groups in total. The van der Waals surface area contributed by atoms with E-state index in [2.05, 4.69) is 5.10 Å². The molecule has 0 radical (unpaired) electrons. The molecule has 4 rings (SSSR count). The molecule has 0 saturated heterocycles. The molecule has 0 amide bonds. The van der Waals surface area contributed by atoms with Gasteiger partial charge in [-0.15, -0.1) is 16.4 Å². The van der Waals surface area contributed by atoms with Crippen molar-refractivity contribution in [3.05, 3.63) is 46.3 Å². The third-order valence-electron chi connectivity index (χ3n) is 3.51. The molecule has 1 aliphatic heterocycles. The zero-order valence-electron chi connectivity index (χ0n) is 13.0. The molecule has 0 spiro atoms. The Morgan fingerprint density at radius 1 is 1.32 bits per heavy atom. The predicted molar refractivity (Wildman–Crippen MR) is 88.1 cm³/mol. The fourth-order valence-corrected chi connectivity index (χ4v) is 2.98. The van der Waals surface area contributed by atoms with Crippen molar-refractivity contribution in [1.82, 2.24) is 9.78 Å². The van der Waals surface area contributed by atoms with Crippen LogP contribution >= 0.6 is 11.3 Å². The second kappa shape index (κ2) is 6.61. The number of aromatic nitrogens is 2. The van der Waals surface area contributed by atoms with Crippen LogP contribution < -0.4 is 20.0 Å². The van der Waals surface area contributed by atoms with Crippen LogP contribution in [0.2, 0.25) is 0 Å². The molecule has 1 aromatic carbocycles. The quantitative estimate of drug-likeness (QED) is 0.713. The zero-order valence-corrected chi connectivity index (χ0v) is 13.8. The van der Waals surface area contributed by atoms with Crippen molar-refractivity contribution in [2.75, 3.05) is 13.4 Å². The number of thiophene rings is 1. The lowest BCUT2D eigenvalue weighted by Gasteiger charge is -2.11. The number of benzene rings is 1. The number of aliphatic hydroxyl groups excluding tert-OH is 1. The van der Waals surface area contributed by atoms with E-state index in [0.717, 1.165) is 9.56 Å². The summed E-state index contributed by atoms with van der Waals surface area (Å²) in [6, 6.07) is 8.79. The van der Waals surface area contributed by atoms with E-state index in [0.29, 0.717) is 17.2 Å². The lowest BCUT2D eigenvalue weighted by atomic mass is 10.3. The lowest BCUT2D eigenvalue weighted by Crippen LogP contribution is -2.29. The van der Waals surface area contributed by atoms with Crippen LogP contribution in [0.15, 0.2) is 44.9 Å². The number of fused-ring (bicyclic) bond motifs is 1. The van der Waals surface area contributed by atoms with Crippen LogP contribution in [-0.2, 0) is 6.54 Å². The Bertz CT molecular complexity index is 917. The van der Waals surface area contributed by atoms with Crippen LogP contribution in [0, 0.1) is 0 Å². The number of aliphatic hydroxyl groups is 1. The van der Waals surface area contributed by atoms with Gasteiger partial charge < -0.3 is 23.7 Å². The summed E-state index contributed by atoms with van der Waals surface area (Å²) in [6.07, 6.45) is -0.926. The van der Waals surface area contributed by atoms with E-state index >= 15 is 0 Å². The molecule has 0 saturated carbocycles. The van der Waals surface area contributed by atoms with Gasteiger partial charge in [0.1, 0.15) is 18.5 Å². The average molecular weight is 362 g/mol. The van der Waals surface area contributed by atoms with Crippen LogP contribution in [0.5, 0.6) is 17.2 Å². The Balaban J connectivity index is 1.38. The van der Waals surface area contributed by atoms with E-state index in [9.17, 15) is 9.90 Å². The molecule has 8 nitrogen and oxygen atoms in total. The van der Waals surface area contributed by atoms with E-state index in [1.807, 2.05) is 11.4 Å². The zero-order chi connectivity index (χ0) is 17.2. The summed E-state index contributed by atoms with van der Waals surface area (Å²) < 4.78 is 22.2. The van der Waals surface area contributed by atoms with Crippen LogP contribution in [0.3, 0.4) is 0 Å². The van der Waals surface area contributed by atoms with Crippen molar-refractivity contribution in [3.8, 4) is 28.0 Å². The Hall–Kier alpha value is -2.78. The molecule has 3 heterocycles. The second-order valence-corrected chi connectivity index (χ2v) is 6.26. The van der Waals surface area contributed by atoms with Gasteiger partial charge in [0.25, 0.3) is 5.89 Å². The molecule has 0 unspecified atom stereocenters. The minimum absolute atomic E-state index is 0.00667. The van der Waals surface area contributed by atoms with E-state index < -0.39 is 11.9 Å². The van der Waals surface area contributed by atoms with Gasteiger partial charge in [0, 0.05) is 6.07 Å². The smallest absolute Gasteiger partial charge is 0.437 e. The number of hydrogen-bond donors (Lipinski definition) is 1. The molecular formula is C16H14N2O6S. The van der Waals surface area contributed by atoms with Crippen molar-refractivity contribution in [2.45, 2.75) is 12.6 Å². The number of ether oxygens (including phenoxy) is 3. The topological polar surface area (TPSA) is 96.0 Å². The third kappa shape index (κ3) is 3.37. The summed E-state index contributed by atoms with van der Waals surface area (Å²) in [4.78, 5) is 12.6. The van der Waals surface area contributed by atoms with Gasteiger partial charge in [-0.3, -0.25) is 0 Å². The Morgan fingerprint density at radius 3 is 3.04 bits per heavy atom. The molecule has 3 aromatic rings. The maximum absolute atomic E-state index is 11.8.